The molecular formula is C14H17ClN4O3. The summed E-state index contributed by atoms with van der Waals surface area (Å²) in [4.78, 5) is 12.8. The highest BCUT2D eigenvalue weighted by Crippen LogP contribution is 2.34. The number of piperidine rings is 1. The third kappa shape index (κ3) is 3.35. The first-order valence-corrected chi connectivity index (χ1v) is 7.10. The molecule has 0 aromatic heterocycles. The zero-order valence-corrected chi connectivity index (χ0v) is 12.8. The largest absolute Gasteiger partial charge is 0.465 e. The molecule has 22 heavy (non-hydrogen) atoms. The summed E-state index contributed by atoms with van der Waals surface area (Å²) in [7, 11) is 1.53. The van der Waals surface area contributed by atoms with Gasteiger partial charge in [0.1, 0.15) is 0 Å². The van der Waals surface area contributed by atoms with Crippen LogP contribution in [0.1, 0.15) is 12.0 Å². The summed E-state index contributed by atoms with van der Waals surface area (Å²) in [5.74, 6) is 0. The Morgan fingerprint density at radius 1 is 1.64 bits per heavy atom. The number of amides is 1. The maximum Gasteiger partial charge on any atom is 0.404 e. The topological polar surface area (TPSA) is 112 Å². The summed E-state index contributed by atoms with van der Waals surface area (Å²) >= 11 is 6.24. The first-order chi connectivity index (χ1) is 10.5. The van der Waals surface area contributed by atoms with E-state index in [1.54, 1.807) is 6.07 Å². The van der Waals surface area contributed by atoms with Crippen LogP contribution in [0.4, 0.5) is 16.2 Å². The Morgan fingerprint density at radius 2 is 2.36 bits per heavy atom. The van der Waals surface area contributed by atoms with Crippen molar-refractivity contribution in [3.05, 3.63) is 22.7 Å². The number of nitrogen functional groups attached to an aromatic ring is 1. The number of nitriles is 1. The highest BCUT2D eigenvalue weighted by molar-refractivity contribution is 6.35. The van der Waals surface area contributed by atoms with E-state index >= 15 is 0 Å². The monoisotopic (exact) mass is 324 g/mol. The van der Waals surface area contributed by atoms with Crippen molar-refractivity contribution in [3.8, 4) is 6.07 Å². The number of rotatable bonds is 3. The molecule has 1 heterocycles. The zero-order chi connectivity index (χ0) is 16.3. The van der Waals surface area contributed by atoms with Gasteiger partial charge in [-0.3, -0.25) is 0 Å². The number of ether oxygens (including phenoxy) is 1. The molecule has 0 aliphatic carbocycles. The average molecular weight is 325 g/mol. The van der Waals surface area contributed by atoms with Crippen LogP contribution in [0.15, 0.2) is 12.1 Å². The van der Waals surface area contributed by atoms with Crippen LogP contribution in [0.5, 0.6) is 0 Å². The summed E-state index contributed by atoms with van der Waals surface area (Å²) in [5, 5.41) is 20.8. The number of methoxy groups -OCH3 is 1. The quantitative estimate of drug-likeness (QED) is 0.729. The summed E-state index contributed by atoms with van der Waals surface area (Å²) in [6.07, 6.45) is -0.820. The van der Waals surface area contributed by atoms with Gasteiger partial charge < -0.3 is 25.8 Å². The van der Waals surface area contributed by atoms with Gasteiger partial charge in [-0.15, -0.1) is 0 Å². The summed E-state index contributed by atoms with van der Waals surface area (Å²) in [5.41, 5.74) is 7.26. The molecule has 2 atom stereocenters. The molecule has 4 N–H and O–H groups in total. The third-order valence-corrected chi connectivity index (χ3v) is 4.13. The van der Waals surface area contributed by atoms with Crippen molar-refractivity contribution < 1.29 is 14.6 Å². The zero-order valence-electron chi connectivity index (χ0n) is 12.0. The predicted octanol–water partition coefficient (Wildman–Crippen LogP) is 1.66. The van der Waals surface area contributed by atoms with Crippen molar-refractivity contribution in [1.82, 2.24) is 5.32 Å². The molecule has 1 aliphatic rings. The molecule has 1 aromatic rings. The van der Waals surface area contributed by atoms with Gasteiger partial charge in [0.05, 0.1) is 40.2 Å². The lowest BCUT2D eigenvalue weighted by atomic mass is 10.0. The second-order valence-electron chi connectivity index (χ2n) is 5.08. The van der Waals surface area contributed by atoms with E-state index in [9.17, 15) is 4.79 Å². The minimum atomic E-state index is -1.07. The number of carbonyl (C=O) groups is 1. The Balaban J connectivity index is 2.23. The molecule has 1 aliphatic heterocycles. The van der Waals surface area contributed by atoms with E-state index in [4.69, 9.17) is 32.4 Å². The first kappa shape index (κ1) is 16.2. The molecule has 0 saturated carbocycles. The minimum absolute atomic E-state index is 0.283. The summed E-state index contributed by atoms with van der Waals surface area (Å²) in [6, 6.07) is 4.97. The van der Waals surface area contributed by atoms with E-state index in [0.717, 1.165) is 0 Å². The molecule has 2 unspecified atom stereocenters. The van der Waals surface area contributed by atoms with Crippen LogP contribution in [0.2, 0.25) is 5.02 Å². The van der Waals surface area contributed by atoms with Gasteiger partial charge in [-0.2, -0.15) is 5.26 Å². The number of hydrogen-bond donors (Lipinski definition) is 3. The van der Waals surface area contributed by atoms with E-state index in [-0.39, 0.29) is 12.1 Å². The van der Waals surface area contributed by atoms with Gasteiger partial charge in [-0.25, -0.2) is 4.79 Å². The van der Waals surface area contributed by atoms with Crippen LogP contribution in [-0.2, 0) is 4.74 Å². The van der Waals surface area contributed by atoms with Gasteiger partial charge in [-0.1, -0.05) is 11.6 Å². The number of nitrogens with two attached hydrogens (primary N) is 1. The van der Waals surface area contributed by atoms with E-state index in [1.807, 2.05) is 11.0 Å². The van der Waals surface area contributed by atoms with Crippen molar-refractivity contribution in [1.29, 1.82) is 5.26 Å². The maximum atomic E-state index is 10.8. The van der Waals surface area contributed by atoms with Crippen LogP contribution in [0.3, 0.4) is 0 Å². The van der Waals surface area contributed by atoms with Crippen molar-refractivity contribution in [2.45, 2.75) is 18.6 Å². The Hall–Kier alpha value is -2.17. The molecule has 1 fully saturated rings. The number of halogens is 1. The molecule has 0 radical (unpaired) electrons. The smallest absolute Gasteiger partial charge is 0.404 e. The fraction of sp³-hybridized carbons (Fsp3) is 0.429. The van der Waals surface area contributed by atoms with Crippen molar-refractivity contribution in [2.75, 3.05) is 30.8 Å². The van der Waals surface area contributed by atoms with Gasteiger partial charge in [0.15, 0.2) is 0 Å². The van der Waals surface area contributed by atoms with Gasteiger partial charge in [0.2, 0.25) is 0 Å². The minimum Gasteiger partial charge on any atom is -0.465 e. The Kier molecular flexibility index (Phi) is 4.96. The van der Waals surface area contributed by atoms with E-state index in [2.05, 4.69) is 5.32 Å². The van der Waals surface area contributed by atoms with Crippen molar-refractivity contribution in [2.24, 2.45) is 0 Å². The van der Waals surface area contributed by atoms with Crippen LogP contribution in [0.25, 0.3) is 0 Å². The van der Waals surface area contributed by atoms with E-state index in [1.165, 1.54) is 13.2 Å². The van der Waals surface area contributed by atoms with Crippen LogP contribution in [-0.4, -0.2) is 43.5 Å². The molecule has 0 bridgehead atoms. The van der Waals surface area contributed by atoms with E-state index in [0.29, 0.717) is 41.5 Å². The molecule has 118 valence electrons. The summed E-state index contributed by atoms with van der Waals surface area (Å²) < 4.78 is 5.38. The number of hydrogen-bond acceptors (Lipinski definition) is 5. The summed E-state index contributed by atoms with van der Waals surface area (Å²) in [6.45, 7) is 1.04. The average Bonchev–Trinajstić information content (AvgIpc) is 2.49. The SMILES string of the molecule is COC1CN(c2cc(C#N)cc(N)c2Cl)CCC1NC(=O)O. The molecule has 1 saturated heterocycles. The fourth-order valence-corrected chi connectivity index (χ4v) is 2.85. The Labute approximate surface area is 133 Å². The van der Waals surface area contributed by atoms with Crippen molar-refractivity contribution in [3.63, 3.8) is 0 Å². The highest BCUT2D eigenvalue weighted by atomic mass is 35.5. The lowest BCUT2D eigenvalue weighted by molar-refractivity contribution is 0.0596. The second kappa shape index (κ2) is 6.73. The molecule has 8 heteroatoms. The van der Waals surface area contributed by atoms with Gasteiger partial charge in [-0.05, 0) is 18.6 Å². The normalized spacial score (nSPS) is 21.2. The van der Waals surface area contributed by atoms with Crippen molar-refractivity contribution >= 4 is 29.1 Å². The molecule has 7 nitrogen and oxygen atoms in total. The third-order valence-electron chi connectivity index (χ3n) is 3.72. The van der Waals surface area contributed by atoms with Crippen LogP contribution >= 0.6 is 11.6 Å². The number of anilines is 2. The number of nitrogens with zero attached hydrogens (tertiary/aromatic N) is 2. The Morgan fingerprint density at radius 3 is 2.95 bits per heavy atom. The predicted molar refractivity (Wildman–Crippen MR) is 83.2 cm³/mol. The molecule has 0 spiro atoms. The Bertz CT molecular complexity index is 617. The number of benzene rings is 1. The highest BCUT2D eigenvalue weighted by Gasteiger charge is 2.31. The second-order valence-corrected chi connectivity index (χ2v) is 5.45. The van der Waals surface area contributed by atoms with Gasteiger partial charge >= 0.3 is 6.09 Å². The molecule has 2 rings (SSSR count). The maximum absolute atomic E-state index is 10.8. The van der Waals surface area contributed by atoms with Gasteiger partial charge in [0.25, 0.3) is 0 Å². The van der Waals surface area contributed by atoms with Crippen LogP contribution in [0, 0.1) is 11.3 Å². The molecule has 1 aromatic carbocycles. The lowest BCUT2D eigenvalue weighted by Gasteiger charge is -2.39. The fourth-order valence-electron chi connectivity index (χ4n) is 2.62. The van der Waals surface area contributed by atoms with Gasteiger partial charge in [0, 0.05) is 20.2 Å². The lowest BCUT2D eigenvalue weighted by Crippen LogP contribution is -2.54. The first-order valence-electron chi connectivity index (χ1n) is 6.72. The molecule has 1 amide bonds. The van der Waals surface area contributed by atoms with Crippen LogP contribution < -0.4 is 16.0 Å². The number of nitrogens with one attached hydrogen (secondary N) is 1. The van der Waals surface area contributed by atoms with E-state index < -0.39 is 6.09 Å². The molecular weight excluding hydrogens is 308 g/mol. The number of carboxylic acid groups (broad SMARTS) is 1. The standard InChI is InChI=1S/C14H17ClN4O3/c1-22-12-7-19(3-2-10(12)18-14(20)21)11-5-8(6-16)4-9(17)13(11)15/h4-5,10,12,18H,2-3,7,17H2,1H3,(H,20,21).